The highest BCUT2D eigenvalue weighted by molar-refractivity contribution is 6.32. The number of H-pyrrole nitrogens is 1. The number of nitrogens with one attached hydrogen (secondary N) is 3. The molecule has 3 aromatic rings. The van der Waals surface area contributed by atoms with Crippen LogP contribution in [0.1, 0.15) is 12.0 Å². The van der Waals surface area contributed by atoms with Crippen molar-refractivity contribution in [3.8, 4) is 5.75 Å². The van der Waals surface area contributed by atoms with Crippen LogP contribution < -0.4 is 21.1 Å². The second kappa shape index (κ2) is 7.76. The van der Waals surface area contributed by atoms with E-state index in [4.69, 9.17) is 16.3 Å². The molecule has 0 bridgehead atoms. The number of benzene rings is 1. The molecule has 1 atom stereocenters. The van der Waals surface area contributed by atoms with E-state index in [1.807, 2.05) is 0 Å². The van der Waals surface area contributed by atoms with Crippen molar-refractivity contribution in [2.24, 2.45) is 5.92 Å². The van der Waals surface area contributed by atoms with Crippen molar-refractivity contribution in [3.05, 3.63) is 45.2 Å². The third-order valence-corrected chi connectivity index (χ3v) is 5.32. The Labute approximate surface area is 165 Å². The molecule has 0 amide bonds. The highest BCUT2D eigenvalue weighted by Crippen LogP contribution is 2.30. The van der Waals surface area contributed by atoms with Gasteiger partial charge < -0.3 is 20.4 Å². The van der Waals surface area contributed by atoms with Crippen LogP contribution in [-0.2, 0) is 6.54 Å². The summed E-state index contributed by atoms with van der Waals surface area (Å²) in [6.07, 6.45) is 2.64. The molecular weight excluding hydrogens is 387 g/mol. The molecule has 148 valence electrons. The van der Waals surface area contributed by atoms with Crippen LogP contribution in [0.5, 0.6) is 5.75 Å². The lowest BCUT2D eigenvalue weighted by Gasteiger charge is -2.11. The van der Waals surface area contributed by atoms with Gasteiger partial charge in [-0.15, -0.1) is 0 Å². The molecule has 28 heavy (non-hydrogen) atoms. The third-order valence-electron chi connectivity index (χ3n) is 4.91. The van der Waals surface area contributed by atoms with Crippen LogP contribution >= 0.6 is 11.6 Å². The lowest BCUT2D eigenvalue weighted by Crippen LogP contribution is -2.20. The summed E-state index contributed by atoms with van der Waals surface area (Å²) < 4.78 is 20.8. The zero-order chi connectivity index (χ0) is 19.7. The Balaban J connectivity index is 1.66. The highest BCUT2D eigenvalue weighted by Gasteiger charge is 2.18. The zero-order valence-corrected chi connectivity index (χ0v) is 16.0. The van der Waals surface area contributed by atoms with Crippen LogP contribution in [0.15, 0.2) is 23.1 Å². The van der Waals surface area contributed by atoms with Gasteiger partial charge in [-0.25, -0.2) is 14.2 Å². The van der Waals surface area contributed by atoms with Gasteiger partial charge in [-0.3, -0.25) is 4.57 Å². The number of rotatable bonds is 6. The molecule has 1 aliphatic rings. The summed E-state index contributed by atoms with van der Waals surface area (Å²) in [4.78, 5) is 23.8. The summed E-state index contributed by atoms with van der Waals surface area (Å²) in [5.41, 5.74) is 0.594. The summed E-state index contributed by atoms with van der Waals surface area (Å²) in [6.45, 7) is 2.63. The van der Waals surface area contributed by atoms with Gasteiger partial charge in [0.05, 0.1) is 24.9 Å². The van der Waals surface area contributed by atoms with Gasteiger partial charge in [0.25, 0.3) is 0 Å². The number of aromatic amines is 1. The zero-order valence-electron chi connectivity index (χ0n) is 15.3. The summed E-state index contributed by atoms with van der Waals surface area (Å²) in [7, 11) is 1.45. The summed E-state index contributed by atoms with van der Waals surface area (Å²) in [6, 6.07) is 2.71. The van der Waals surface area contributed by atoms with Gasteiger partial charge in [0.2, 0.25) is 5.95 Å². The maximum absolute atomic E-state index is 14.3. The maximum atomic E-state index is 14.3. The van der Waals surface area contributed by atoms with E-state index in [-0.39, 0.29) is 17.1 Å². The largest absolute Gasteiger partial charge is 0.495 e. The van der Waals surface area contributed by atoms with Gasteiger partial charge >= 0.3 is 5.69 Å². The Morgan fingerprint density at radius 1 is 1.46 bits per heavy atom. The molecule has 3 heterocycles. The number of fused-ring (bicyclic) bond motifs is 1. The second-order valence-corrected chi connectivity index (χ2v) is 7.11. The van der Waals surface area contributed by atoms with E-state index in [1.54, 1.807) is 6.20 Å². The molecule has 2 aromatic heterocycles. The molecule has 1 aliphatic heterocycles. The van der Waals surface area contributed by atoms with Crippen LogP contribution in [0.25, 0.3) is 11.2 Å². The third kappa shape index (κ3) is 3.55. The van der Waals surface area contributed by atoms with Crippen molar-refractivity contribution in [2.45, 2.75) is 13.0 Å². The Morgan fingerprint density at radius 3 is 3.07 bits per heavy atom. The van der Waals surface area contributed by atoms with E-state index >= 15 is 0 Å². The lowest BCUT2D eigenvalue weighted by molar-refractivity contribution is 0.412. The molecule has 0 unspecified atom stereocenters. The molecule has 0 radical (unpaired) electrons. The lowest BCUT2D eigenvalue weighted by atomic mass is 10.1. The minimum Gasteiger partial charge on any atom is -0.495 e. The Kier molecular flexibility index (Phi) is 5.19. The fourth-order valence-corrected chi connectivity index (χ4v) is 3.63. The Bertz CT molecular complexity index is 1060. The number of anilines is 1. The standard InChI is InChI=1S/C18H20ClFN6O2/c1-28-14-3-2-12(20)11(15(14)19)9-26-16-13(24-18(26)27)8-23-17(25-16)22-7-10-4-5-21-6-10/h2-3,8,10,21H,4-7,9H2,1H3,(H,24,27)(H,22,23,25)/t10-/m1/s1. The van der Waals surface area contributed by atoms with Crippen LogP contribution in [-0.4, -0.2) is 46.3 Å². The monoisotopic (exact) mass is 406 g/mol. The molecule has 8 nitrogen and oxygen atoms in total. The minimum atomic E-state index is -0.520. The van der Waals surface area contributed by atoms with E-state index in [0.717, 1.165) is 26.1 Å². The molecule has 4 rings (SSSR count). The summed E-state index contributed by atoms with van der Waals surface area (Å²) >= 11 is 6.25. The summed E-state index contributed by atoms with van der Waals surface area (Å²) in [5.74, 6) is 0.753. The van der Waals surface area contributed by atoms with Gasteiger partial charge in [0.15, 0.2) is 5.65 Å². The normalized spacial score (nSPS) is 16.6. The van der Waals surface area contributed by atoms with Gasteiger partial charge in [-0.2, -0.15) is 4.98 Å². The molecule has 0 saturated carbocycles. The molecule has 1 fully saturated rings. The van der Waals surface area contributed by atoms with E-state index < -0.39 is 11.5 Å². The number of hydrogen-bond acceptors (Lipinski definition) is 6. The molecule has 10 heteroatoms. The fraction of sp³-hybridized carbons (Fsp3) is 0.389. The van der Waals surface area contributed by atoms with Crippen molar-refractivity contribution in [1.29, 1.82) is 0 Å². The number of methoxy groups -OCH3 is 1. The molecular formula is C18H20ClFN6O2. The number of aromatic nitrogens is 4. The van der Waals surface area contributed by atoms with Crippen molar-refractivity contribution in [1.82, 2.24) is 24.8 Å². The Morgan fingerprint density at radius 2 is 2.32 bits per heavy atom. The highest BCUT2D eigenvalue weighted by atomic mass is 35.5. The minimum absolute atomic E-state index is 0.0797. The number of nitrogens with zero attached hydrogens (tertiary/aromatic N) is 3. The molecule has 0 spiro atoms. The van der Waals surface area contributed by atoms with Crippen LogP contribution in [0.3, 0.4) is 0 Å². The fourth-order valence-electron chi connectivity index (χ4n) is 3.34. The molecule has 3 N–H and O–H groups in total. The first-order valence-electron chi connectivity index (χ1n) is 8.98. The first-order chi connectivity index (χ1) is 13.6. The number of ether oxygens (including phenoxy) is 1. The van der Waals surface area contributed by atoms with Gasteiger partial charge in [-0.1, -0.05) is 11.6 Å². The smallest absolute Gasteiger partial charge is 0.328 e. The topological polar surface area (TPSA) is 96.9 Å². The first-order valence-corrected chi connectivity index (χ1v) is 9.35. The van der Waals surface area contributed by atoms with Crippen molar-refractivity contribution in [2.75, 3.05) is 32.1 Å². The van der Waals surface area contributed by atoms with Crippen LogP contribution in [0.2, 0.25) is 5.02 Å². The quantitative estimate of drug-likeness (QED) is 0.579. The van der Waals surface area contributed by atoms with E-state index in [1.165, 1.54) is 23.8 Å². The van der Waals surface area contributed by atoms with E-state index in [2.05, 4.69) is 25.6 Å². The number of halogens is 2. The van der Waals surface area contributed by atoms with Crippen molar-refractivity contribution in [3.63, 3.8) is 0 Å². The Hall–Kier alpha value is -2.65. The second-order valence-electron chi connectivity index (χ2n) is 6.73. The van der Waals surface area contributed by atoms with Crippen molar-refractivity contribution < 1.29 is 9.13 Å². The summed E-state index contributed by atoms with van der Waals surface area (Å²) in [5, 5.41) is 6.65. The van der Waals surface area contributed by atoms with Gasteiger partial charge in [-0.05, 0) is 37.6 Å². The van der Waals surface area contributed by atoms with Crippen molar-refractivity contribution >= 4 is 28.7 Å². The average molecular weight is 407 g/mol. The SMILES string of the molecule is COc1ccc(F)c(Cn2c(=O)[nH]c3cnc(NC[C@@H]4CCNC4)nc32)c1Cl. The predicted octanol–water partition coefficient (Wildman–Crippen LogP) is 1.99. The maximum Gasteiger partial charge on any atom is 0.328 e. The molecule has 1 saturated heterocycles. The average Bonchev–Trinajstić information content (AvgIpc) is 3.31. The molecule has 1 aromatic carbocycles. The first kappa shape index (κ1) is 18.7. The van der Waals surface area contributed by atoms with E-state index in [0.29, 0.717) is 28.8 Å². The van der Waals surface area contributed by atoms with Gasteiger partial charge in [0, 0.05) is 12.1 Å². The number of hydrogen-bond donors (Lipinski definition) is 3. The van der Waals surface area contributed by atoms with Crippen LogP contribution in [0, 0.1) is 11.7 Å². The van der Waals surface area contributed by atoms with Gasteiger partial charge in [0.1, 0.15) is 17.1 Å². The van der Waals surface area contributed by atoms with E-state index in [9.17, 15) is 9.18 Å². The predicted molar refractivity (Wildman–Crippen MR) is 105 cm³/mol. The number of imidazole rings is 1. The van der Waals surface area contributed by atoms with Crippen LogP contribution in [0.4, 0.5) is 10.3 Å². The molecule has 0 aliphatic carbocycles.